The van der Waals surface area contributed by atoms with E-state index in [2.05, 4.69) is 32.1 Å². The second kappa shape index (κ2) is 10.6. The summed E-state index contributed by atoms with van der Waals surface area (Å²) in [7, 11) is 0. The van der Waals surface area contributed by atoms with Crippen LogP contribution < -0.4 is 10.2 Å². The van der Waals surface area contributed by atoms with Crippen molar-refractivity contribution in [3.63, 3.8) is 0 Å². The molecular formula is C24H23ClF3N7O2S. The second-order valence-electron chi connectivity index (χ2n) is 9.04. The first-order valence-electron chi connectivity index (χ1n) is 12.0. The molecule has 5 heterocycles. The van der Waals surface area contributed by atoms with Crippen LogP contribution in [0.25, 0.3) is 16.2 Å². The van der Waals surface area contributed by atoms with E-state index in [4.69, 9.17) is 31.5 Å². The lowest BCUT2D eigenvalue weighted by Gasteiger charge is -2.27. The summed E-state index contributed by atoms with van der Waals surface area (Å²) in [5.74, 6) is -1.09. The number of fused-ring (bicyclic) bond motifs is 3. The van der Waals surface area contributed by atoms with E-state index in [1.54, 1.807) is 12.4 Å². The van der Waals surface area contributed by atoms with E-state index in [9.17, 15) is 13.2 Å². The van der Waals surface area contributed by atoms with Gasteiger partial charge in [0.15, 0.2) is 10.8 Å². The molecule has 2 N–H and O–H groups in total. The molecule has 6 rings (SSSR count). The number of nitrogens with zero attached hydrogens (tertiary/aromatic N) is 6. The SMILES string of the molecule is CCC1=C(Cl)c2c(nc(Sc3cnc4nccnc4c3)nc2N2CCC3CNCC32)C1.O=C(O)C(F)(F)F. The van der Waals surface area contributed by atoms with E-state index >= 15 is 0 Å². The summed E-state index contributed by atoms with van der Waals surface area (Å²) in [4.78, 5) is 35.3. The van der Waals surface area contributed by atoms with E-state index in [-0.39, 0.29) is 0 Å². The molecule has 0 bridgehead atoms. The van der Waals surface area contributed by atoms with Gasteiger partial charge in [0.2, 0.25) is 0 Å². The van der Waals surface area contributed by atoms with Crippen molar-refractivity contribution in [3.8, 4) is 0 Å². The van der Waals surface area contributed by atoms with E-state index in [0.717, 1.165) is 70.2 Å². The molecule has 2 atom stereocenters. The fourth-order valence-electron chi connectivity index (χ4n) is 4.93. The Hall–Kier alpha value is -3.03. The van der Waals surface area contributed by atoms with Gasteiger partial charge in [0.1, 0.15) is 11.3 Å². The number of rotatable bonds is 4. The van der Waals surface area contributed by atoms with Crippen molar-refractivity contribution in [1.82, 2.24) is 30.2 Å². The molecule has 0 aromatic carbocycles. The lowest BCUT2D eigenvalue weighted by Crippen LogP contribution is -2.35. The van der Waals surface area contributed by atoms with Gasteiger partial charge in [-0.3, -0.25) is 4.98 Å². The predicted molar refractivity (Wildman–Crippen MR) is 136 cm³/mol. The summed E-state index contributed by atoms with van der Waals surface area (Å²) in [5, 5.41) is 12.2. The van der Waals surface area contributed by atoms with Gasteiger partial charge in [-0.2, -0.15) is 13.2 Å². The molecule has 2 aliphatic heterocycles. The largest absolute Gasteiger partial charge is 0.490 e. The van der Waals surface area contributed by atoms with E-state index in [1.807, 2.05) is 12.3 Å². The fourth-order valence-corrected chi connectivity index (χ4v) is 6.10. The van der Waals surface area contributed by atoms with Crippen molar-refractivity contribution >= 4 is 51.3 Å². The molecule has 0 spiro atoms. The summed E-state index contributed by atoms with van der Waals surface area (Å²) < 4.78 is 31.7. The Morgan fingerprint density at radius 2 is 2.00 bits per heavy atom. The first kappa shape index (κ1) is 26.6. The number of nitrogens with one attached hydrogen (secondary N) is 1. The van der Waals surface area contributed by atoms with Crippen molar-refractivity contribution in [2.24, 2.45) is 5.92 Å². The number of alkyl halides is 3. The Morgan fingerprint density at radius 1 is 1.24 bits per heavy atom. The second-order valence-corrected chi connectivity index (χ2v) is 10.5. The Morgan fingerprint density at radius 3 is 2.74 bits per heavy atom. The highest BCUT2D eigenvalue weighted by molar-refractivity contribution is 7.99. The van der Waals surface area contributed by atoms with Crippen molar-refractivity contribution in [2.75, 3.05) is 24.5 Å². The number of hydrogen-bond donors (Lipinski definition) is 2. The molecule has 14 heteroatoms. The zero-order valence-electron chi connectivity index (χ0n) is 20.2. The number of aromatic nitrogens is 5. The highest BCUT2D eigenvalue weighted by atomic mass is 35.5. The minimum atomic E-state index is -5.08. The molecule has 2 saturated heterocycles. The summed E-state index contributed by atoms with van der Waals surface area (Å²) in [6.07, 6.45) is 2.98. The smallest absolute Gasteiger partial charge is 0.475 e. The maximum atomic E-state index is 10.6. The van der Waals surface area contributed by atoms with Crippen molar-refractivity contribution in [1.29, 1.82) is 0 Å². The minimum Gasteiger partial charge on any atom is -0.475 e. The van der Waals surface area contributed by atoms with Gasteiger partial charge >= 0.3 is 12.1 Å². The quantitative estimate of drug-likeness (QED) is 0.443. The average molecular weight is 566 g/mol. The minimum absolute atomic E-state index is 0.476. The molecule has 9 nitrogen and oxygen atoms in total. The molecule has 0 saturated carbocycles. The molecule has 200 valence electrons. The van der Waals surface area contributed by atoms with Gasteiger partial charge in [-0.15, -0.1) is 0 Å². The van der Waals surface area contributed by atoms with E-state index in [0.29, 0.717) is 17.6 Å². The number of carboxylic acids is 1. The van der Waals surface area contributed by atoms with Crippen LogP contribution in [0, 0.1) is 5.92 Å². The zero-order valence-corrected chi connectivity index (χ0v) is 21.7. The van der Waals surface area contributed by atoms with Crippen LogP contribution in [0.3, 0.4) is 0 Å². The molecule has 3 aromatic rings. The maximum Gasteiger partial charge on any atom is 0.490 e. The molecule has 38 heavy (non-hydrogen) atoms. The number of anilines is 1. The van der Waals surface area contributed by atoms with Crippen molar-refractivity contribution in [2.45, 2.75) is 48.5 Å². The standard InChI is InChI=1S/C22H22ClN7S.C2HF3O2/c1-2-12-7-15-18(19(12)23)21(30-6-3-13-9-24-11-17(13)30)29-22(28-15)31-14-8-16-20(27-10-14)26-5-4-25-16;3-2(4,5)1(6)7/h4-5,8,10,13,17,24H,2-3,6-7,9,11H2,1H3;(H,6,7). The van der Waals surface area contributed by atoms with Crippen LogP contribution in [0.2, 0.25) is 0 Å². The zero-order chi connectivity index (χ0) is 27.0. The van der Waals surface area contributed by atoms with Crippen LogP contribution in [-0.4, -0.2) is 67.8 Å². The first-order valence-corrected chi connectivity index (χ1v) is 13.2. The number of carbonyl (C=O) groups is 1. The number of pyridine rings is 1. The van der Waals surface area contributed by atoms with Crippen molar-refractivity contribution < 1.29 is 23.1 Å². The van der Waals surface area contributed by atoms with Gasteiger partial charge in [0.25, 0.3) is 0 Å². The Bertz CT molecular complexity index is 1420. The van der Waals surface area contributed by atoms with Crippen LogP contribution in [0.5, 0.6) is 0 Å². The lowest BCUT2D eigenvalue weighted by molar-refractivity contribution is -0.192. The lowest BCUT2D eigenvalue weighted by atomic mass is 10.1. The van der Waals surface area contributed by atoms with Gasteiger partial charge in [0, 0.05) is 55.6 Å². The number of halogens is 4. The normalized spacial score (nSPS) is 20.4. The van der Waals surface area contributed by atoms with Crippen LogP contribution >= 0.6 is 23.4 Å². The van der Waals surface area contributed by atoms with Gasteiger partial charge in [-0.25, -0.2) is 24.7 Å². The van der Waals surface area contributed by atoms with Crippen LogP contribution in [-0.2, 0) is 11.2 Å². The van der Waals surface area contributed by atoms with Crippen LogP contribution in [0.15, 0.2) is 40.3 Å². The Labute approximate surface area is 224 Å². The van der Waals surface area contributed by atoms with Crippen LogP contribution in [0.4, 0.5) is 19.0 Å². The molecule has 0 amide bonds. The van der Waals surface area contributed by atoms with Gasteiger partial charge in [-0.05, 0) is 42.2 Å². The topological polar surface area (TPSA) is 117 Å². The summed E-state index contributed by atoms with van der Waals surface area (Å²) in [6.45, 7) is 5.26. The third kappa shape index (κ3) is 5.27. The van der Waals surface area contributed by atoms with Gasteiger partial charge in [-0.1, -0.05) is 18.5 Å². The average Bonchev–Trinajstić information content (AvgIpc) is 3.58. The number of carboxylic acid groups (broad SMARTS) is 1. The third-order valence-electron chi connectivity index (χ3n) is 6.75. The maximum absolute atomic E-state index is 10.6. The summed E-state index contributed by atoms with van der Waals surface area (Å²) >= 11 is 8.36. The van der Waals surface area contributed by atoms with E-state index in [1.165, 1.54) is 23.8 Å². The predicted octanol–water partition coefficient (Wildman–Crippen LogP) is 4.31. The molecular weight excluding hydrogens is 543 g/mol. The fraction of sp³-hybridized carbons (Fsp3) is 0.417. The Kier molecular flexibility index (Phi) is 7.43. The first-order chi connectivity index (χ1) is 18.2. The molecule has 3 aromatic heterocycles. The third-order valence-corrected chi connectivity index (χ3v) is 8.03. The van der Waals surface area contributed by atoms with Crippen molar-refractivity contribution in [3.05, 3.63) is 41.5 Å². The Balaban J connectivity index is 0.000000374. The monoisotopic (exact) mass is 565 g/mol. The molecule has 1 aliphatic carbocycles. The number of allylic oxidation sites excluding steroid dienone is 1. The van der Waals surface area contributed by atoms with Gasteiger partial charge in [0.05, 0.1) is 16.3 Å². The highest BCUT2D eigenvalue weighted by Crippen LogP contribution is 2.44. The van der Waals surface area contributed by atoms with E-state index < -0.39 is 12.1 Å². The number of hydrogen-bond acceptors (Lipinski definition) is 9. The molecule has 2 fully saturated rings. The van der Waals surface area contributed by atoms with Crippen LogP contribution in [0.1, 0.15) is 31.0 Å². The summed E-state index contributed by atoms with van der Waals surface area (Å²) in [6, 6.07) is 2.47. The van der Waals surface area contributed by atoms with Gasteiger partial charge < -0.3 is 15.3 Å². The molecule has 0 radical (unpaired) electrons. The highest BCUT2D eigenvalue weighted by Gasteiger charge is 2.41. The number of aliphatic carboxylic acids is 1. The molecule has 2 unspecified atom stereocenters. The molecule has 3 aliphatic rings. The summed E-state index contributed by atoms with van der Waals surface area (Å²) in [5.41, 5.74) is 4.74.